The molecule has 1 fully saturated rings. The van der Waals surface area contributed by atoms with Crippen molar-refractivity contribution in [2.75, 3.05) is 25.5 Å². The van der Waals surface area contributed by atoms with Crippen molar-refractivity contribution < 1.29 is 4.79 Å². The van der Waals surface area contributed by atoms with E-state index in [0.717, 1.165) is 25.9 Å². The summed E-state index contributed by atoms with van der Waals surface area (Å²) in [6.45, 7) is 7.79. The molecule has 0 saturated carbocycles. The second kappa shape index (κ2) is 11.7. The Bertz CT molecular complexity index is 780. The number of nitrogens with one attached hydrogen (secondary N) is 3. The minimum atomic E-state index is -0.181. The number of rotatable bonds is 4. The molecule has 154 valence electrons. The number of nitrogens with zero attached hydrogens (tertiary/aromatic N) is 2. The average molecular weight is 394 g/mol. The number of carbonyl (C=O) groups excluding carboxylic acids is 1. The Balaban J connectivity index is 0.000000253. The molecule has 2 aliphatic rings. The van der Waals surface area contributed by atoms with Crippen molar-refractivity contribution in [2.45, 2.75) is 38.6 Å². The molecule has 1 saturated heterocycles. The van der Waals surface area contributed by atoms with Crippen LogP contribution in [0.25, 0.3) is 0 Å². The lowest BCUT2D eigenvalue weighted by atomic mass is 10.0. The van der Waals surface area contributed by atoms with E-state index in [0.29, 0.717) is 11.3 Å². The highest BCUT2D eigenvalue weighted by molar-refractivity contribution is 5.89. The highest BCUT2D eigenvalue weighted by Gasteiger charge is 2.18. The lowest BCUT2D eigenvalue weighted by molar-refractivity contribution is 0.221. The number of benzene rings is 1. The van der Waals surface area contributed by atoms with Gasteiger partial charge in [0.05, 0.1) is 11.6 Å². The van der Waals surface area contributed by atoms with Crippen molar-refractivity contribution in [1.29, 1.82) is 5.26 Å². The van der Waals surface area contributed by atoms with Gasteiger partial charge in [0.15, 0.2) is 0 Å². The number of allylic oxidation sites excluding steroid dienone is 3. The molecule has 3 N–H and O–H groups in total. The van der Waals surface area contributed by atoms with E-state index < -0.39 is 0 Å². The quantitative estimate of drug-likeness (QED) is 0.719. The first-order chi connectivity index (χ1) is 14.0. The van der Waals surface area contributed by atoms with Crippen molar-refractivity contribution >= 4 is 11.7 Å². The van der Waals surface area contributed by atoms with E-state index in [4.69, 9.17) is 5.26 Å². The summed E-state index contributed by atoms with van der Waals surface area (Å²) in [6, 6.07) is 8.94. The molecule has 1 aliphatic heterocycles. The van der Waals surface area contributed by atoms with Crippen LogP contribution in [0.2, 0.25) is 0 Å². The van der Waals surface area contributed by atoms with Crippen LogP contribution >= 0.6 is 0 Å². The van der Waals surface area contributed by atoms with Gasteiger partial charge in [-0.15, -0.1) is 0 Å². The molecule has 2 amide bonds. The summed E-state index contributed by atoms with van der Waals surface area (Å²) in [4.78, 5) is 14.1. The lowest BCUT2D eigenvalue weighted by Crippen LogP contribution is -2.44. The van der Waals surface area contributed by atoms with Crippen LogP contribution in [0, 0.1) is 11.3 Å². The maximum atomic E-state index is 11.8. The first-order valence-electron chi connectivity index (χ1n) is 10.0. The molecule has 1 aliphatic carbocycles. The Hall–Kier alpha value is -3.04. The van der Waals surface area contributed by atoms with Crippen LogP contribution < -0.4 is 16.0 Å². The van der Waals surface area contributed by atoms with E-state index in [1.807, 2.05) is 6.07 Å². The fourth-order valence-electron chi connectivity index (χ4n) is 3.19. The zero-order valence-electron chi connectivity index (χ0n) is 17.4. The Labute approximate surface area is 174 Å². The van der Waals surface area contributed by atoms with E-state index in [1.165, 1.54) is 24.1 Å². The van der Waals surface area contributed by atoms with E-state index >= 15 is 0 Å². The molecule has 6 nitrogen and oxygen atoms in total. The Morgan fingerprint density at radius 1 is 1.28 bits per heavy atom. The van der Waals surface area contributed by atoms with Crippen LogP contribution in [-0.4, -0.2) is 37.1 Å². The largest absolute Gasteiger partial charge is 0.362 e. The number of amides is 2. The van der Waals surface area contributed by atoms with E-state index in [1.54, 1.807) is 30.5 Å². The Kier molecular flexibility index (Phi) is 9.00. The lowest BCUT2D eigenvalue weighted by Gasteiger charge is -2.29. The minimum absolute atomic E-state index is 0.181. The first-order valence-corrected chi connectivity index (χ1v) is 10.0. The molecule has 0 spiro atoms. The number of hydrogen-bond donors (Lipinski definition) is 3. The summed E-state index contributed by atoms with van der Waals surface area (Å²) in [6.07, 6.45) is 10.3. The molecule has 3 rings (SSSR count). The second-order valence-electron chi connectivity index (χ2n) is 7.35. The zero-order valence-corrected chi connectivity index (χ0v) is 17.4. The number of nitriles is 1. The number of carbonyl (C=O) groups is 1. The fourth-order valence-corrected chi connectivity index (χ4v) is 3.19. The molecule has 0 unspecified atom stereocenters. The monoisotopic (exact) mass is 393 g/mol. The predicted octanol–water partition coefficient (Wildman–Crippen LogP) is 4.12. The van der Waals surface area contributed by atoms with E-state index in [2.05, 4.69) is 53.6 Å². The van der Waals surface area contributed by atoms with Gasteiger partial charge < -0.3 is 20.9 Å². The third-order valence-corrected chi connectivity index (χ3v) is 5.01. The standard InChI is InChI=1S/C14H18N4O.C9H13N/c1-18-8-6-13(7-9-18)17-14(19)16-12-4-2-11(10-15)3-5-12;1-3-10-9-7-5-4-6-8(9)2/h2-5,13H,6-9H2,1H3,(H2,16,17,19);3,5,7,10H,1,4,6H2,2H3. The average Bonchev–Trinajstić information content (AvgIpc) is 2.73. The third kappa shape index (κ3) is 7.84. The van der Waals surface area contributed by atoms with Gasteiger partial charge >= 0.3 is 6.03 Å². The molecule has 0 aromatic heterocycles. The molecule has 0 radical (unpaired) electrons. The number of piperidine rings is 1. The molecule has 0 bridgehead atoms. The molecule has 6 heteroatoms. The minimum Gasteiger partial charge on any atom is -0.362 e. The van der Waals surface area contributed by atoms with Crippen LogP contribution in [0.15, 0.2) is 60.5 Å². The van der Waals surface area contributed by atoms with E-state index in [9.17, 15) is 4.79 Å². The normalized spacial score (nSPS) is 16.9. The van der Waals surface area contributed by atoms with Gasteiger partial charge in [-0.25, -0.2) is 4.79 Å². The van der Waals surface area contributed by atoms with Crippen LogP contribution in [0.5, 0.6) is 0 Å². The van der Waals surface area contributed by atoms with Crippen molar-refractivity contribution in [2.24, 2.45) is 0 Å². The van der Waals surface area contributed by atoms with Gasteiger partial charge in [-0.05, 0) is 94.9 Å². The summed E-state index contributed by atoms with van der Waals surface area (Å²) in [5.74, 6) is 0. The molecule has 1 aromatic rings. The van der Waals surface area contributed by atoms with Gasteiger partial charge in [-0.3, -0.25) is 0 Å². The van der Waals surface area contributed by atoms with Crippen LogP contribution in [0.1, 0.15) is 38.2 Å². The number of urea groups is 1. The van der Waals surface area contributed by atoms with Gasteiger partial charge in [-0.1, -0.05) is 12.7 Å². The van der Waals surface area contributed by atoms with Gasteiger partial charge in [0.1, 0.15) is 0 Å². The van der Waals surface area contributed by atoms with Gasteiger partial charge in [0.25, 0.3) is 0 Å². The summed E-state index contributed by atoms with van der Waals surface area (Å²) in [5.41, 5.74) is 3.91. The van der Waals surface area contributed by atoms with Crippen molar-refractivity contribution in [3.05, 3.63) is 66.0 Å². The summed E-state index contributed by atoms with van der Waals surface area (Å²) >= 11 is 0. The van der Waals surface area contributed by atoms with Gasteiger partial charge in [0.2, 0.25) is 0 Å². The second-order valence-corrected chi connectivity index (χ2v) is 7.35. The fraction of sp³-hybridized carbons (Fsp3) is 0.391. The molecule has 1 heterocycles. The highest BCUT2D eigenvalue weighted by atomic mass is 16.2. The molecule has 29 heavy (non-hydrogen) atoms. The van der Waals surface area contributed by atoms with Crippen LogP contribution in [0.3, 0.4) is 0 Å². The van der Waals surface area contributed by atoms with Gasteiger partial charge in [-0.2, -0.15) is 5.26 Å². The van der Waals surface area contributed by atoms with E-state index in [-0.39, 0.29) is 12.1 Å². The highest BCUT2D eigenvalue weighted by Crippen LogP contribution is 2.15. The third-order valence-electron chi connectivity index (χ3n) is 5.01. The summed E-state index contributed by atoms with van der Waals surface area (Å²) in [7, 11) is 2.09. The smallest absolute Gasteiger partial charge is 0.319 e. The number of anilines is 1. The maximum Gasteiger partial charge on any atom is 0.319 e. The SMILES string of the molecule is C=CNC1=C(C)CCC=C1.CN1CCC(NC(=O)Nc2ccc(C#N)cc2)CC1. The predicted molar refractivity (Wildman–Crippen MR) is 118 cm³/mol. The zero-order chi connectivity index (χ0) is 21.1. The van der Waals surface area contributed by atoms with Gasteiger partial charge in [0, 0.05) is 17.4 Å². The van der Waals surface area contributed by atoms with Crippen molar-refractivity contribution in [3.8, 4) is 6.07 Å². The molecule has 1 aromatic carbocycles. The summed E-state index contributed by atoms with van der Waals surface area (Å²) < 4.78 is 0. The van der Waals surface area contributed by atoms with Crippen LogP contribution in [-0.2, 0) is 0 Å². The topological polar surface area (TPSA) is 80.2 Å². The number of hydrogen-bond acceptors (Lipinski definition) is 4. The molecular formula is C23H31N5O. The Morgan fingerprint density at radius 2 is 1.97 bits per heavy atom. The van der Waals surface area contributed by atoms with Crippen molar-refractivity contribution in [1.82, 2.24) is 15.5 Å². The number of likely N-dealkylation sites (tertiary alicyclic amines) is 1. The van der Waals surface area contributed by atoms with Crippen LogP contribution in [0.4, 0.5) is 10.5 Å². The summed E-state index contributed by atoms with van der Waals surface area (Å²) in [5, 5.41) is 17.5. The van der Waals surface area contributed by atoms with Crippen molar-refractivity contribution in [3.63, 3.8) is 0 Å². The maximum absolute atomic E-state index is 11.8. The Morgan fingerprint density at radius 3 is 2.55 bits per heavy atom. The molecular weight excluding hydrogens is 362 g/mol. The first kappa shape index (κ1) is 22.3. The molecule has 0 atom stereocenters.